The van der Waals surface area contributed by atoms with Crippen LogP contribution in [0.3, 0.4) is 0 Å². The Labute approximate surface area is 364 Å². The molecule has 0 atom stereocenters. The smallest absolute Gasteiger partial charge is 0.753 e. The number of aromatic carboxylic acids is 1. The van der Waals surface area contributed by atoms with Gasteiger partial charge in [0, 0.05) is 42.3 Å². The molecule has 6 aromatic heterocycles. The summed E-state index contributed by atoms with van der Waals surface area (Å²) in [7, 11) is 0. The normalized spacial score (nSPS) is 10.7. The van der Waals surface area contributed by atoms with Crippen LogP contribution in [0.15, 0.2) is 97.5 Å². The zero-order valence-electron chi connectivity index (χ0n) is 32.5. The minimum absolute atomic E-state index is 0. The maximum atomic E-state index is 12.8. The molecule has 0 bridgehead atoms. The molecule has 308 valence electrons. The fraction of sp³-hybridized carbons (Fsp3) is 0.279. The van der Waals surface area contributed by atoms with Crippen LogP contribution in [0.25, 0.3) is 51.7 Å². The van der Waals surface area contributed by atoms with Gasteiger partial charge in [-0.2, -0.15) is 18.3 Å². The van der Waals surface area contributed by atoms with E-state index >= 15 is 0 Å². The van der Waals surface area contributed by atoms with Gasteiger partial charge < -0.3 is 25.6 Å². The molecule has 0 fully saturated rings. The van der Waals surface area contributed by atoms with E-state index < -0.39 is 17.8 Å². The first-order valence-corrected chi connectivity index (χ1v) is 19.9. The first-order chi connectivity index (χ1) is 28.1. The third kappa shape index (κ3) is 15.8. The number of carbonyl (C=O) groups is 1. The van der Waals surface area contributed by atoms with Crippen molar-refractivity contribution in [3.8, 4) is 34.2 Å². The van der Waals surface area contributed by atoms with Gasteiger partial charge in [0.15, 0.2) is 0 Å². The van der Waals surface area contributed by atoms with Crippen molar-refractivity contribution in [2.45, 2.75) is 65.0 Å². The van der Waals surface area contributed by atoms with E-state index in [0.717, 1.165) is 41.0 Å². The summed E-state index contributed by atoms with van der Waals surface area (Å²) in [6.07, 6.45) is 12.9. The van der Waals surface area contributed by atoms with E-state index in [0.29, 0.717) is 17.1 Å². The molecule has 16 heteroatoms. The predicted octanol–water partition coefficient (Wildman–Crippen LogP) is 11.5. The molecule has 0 aromatic carbocycles. The minimum Gasteiger partial charge on any atom is -0.753 e. The molecular formula is C43H43F3N8O2RuS2. The Morgan fingerprint density at radius 1 is 0.814 bits per heavy atom. The number of hydrogen-bond donors (Lipinski definition) is 1. The Kier molecular flexibility index (Phi) is 20.6. The molecule has 6 heterocycles. The van der Waals surface area contributed by atoms with Crippen molar-refractivity contribution in [3.05, 3.63) is 125 Å². The summed E-state index contributed by atoms with van der Waals surface area (Å²) in [6, 6.07) is 22.8. The second-order valence-electron chi connectivity index (χ2n) is 12.8. The van der Waals surface area contributed by atoms with E-state index in [-0.39, 0.29) is 30.7 Å². The Hall–Kier alpha value is -5.27. The molecule has 0 aliphatic carbocycles. The van der Waals surface area contributed by atoms with Crippen LogP contribution in [0.5, 0.6) is 0 Å². The molecule has 0 amide bonds. The Morgan fingerprint density at radius 3 is 2.12 bits per heavy atom. The molecule has 0 aliphatic rings. The molecule has 0 radical (unpaired) electrons. The van der Waals surface area contributed by atoms with Crippen molar-refractivity contribution in [1.82, 2.24) is 30.1 Å². The molecule has 1 N–H and O–H groups in total. The quantitative estimate of drug-likeness (QED) is 0.0431. The van der Waals surface area contributed by atoms with Gasteiger partial charge in [0.05, 0.1) is 33.3 Å². The number of carboxylic acid groups (broad SMARTS) is 1. The topological polar surface area (TPSA) is 141 Å². The van der Waals surface area contributed by atoms with Crippen molar-refractivity contribution in [1.29, 1.82) is 0 Å². The van der Waals surface area contributed by atoms with Crippen LogP contribution in [0, 0.1) is 0 Å². The number of halogens is 3. The van der Waals surface area contributed by atoms with Crippen LogP contribution >= 0.6 is 23.6 Å². The number of rotatable bonds is 16. The summed E-state index contributed by atoms with van der Waals surface area (Å²) in [6.45, 7) is 6.62. The van der Waals surface area contributed by atoms with Gasteiger partial charge in [-0.05, 0) is 91.2 Å². The Morgan fingerprint density at radius 2 is 1.46 bits per heavy atom. The summed E-state index contributed by atoms with van der Waals surface area (Å²) < 4.78 is 38.5. The Balaban J connectivity index is 0.000000317. The summed E-state index contributed by atoms with van der Waals surface area (Å²) in [5.74, 6) is -0.987. The number of thiocarbonyl (C=S) groups is 1. The number of hydrogen-bond acceptors (Lipinski definition) is 9. The van der Waals surface area contributed by atoms with Crippen LogP contribution in [0.2, 0.25) is 0 Å². The van der Waals surface area contributed by atoms with Gasteiger partial charge in [0.2, 0.25) is 0 Å². The molecular weight excluding hydrogens is 883 g/mol. The monoisotopic (exact) mass is 926 g/mol. The van der Waals surface area contributed by atoms with Gasteiger partial charge >= 0.3 is 31.6 Å². The molecule has 10 nitrogen and oxygen atoms in total. The summed E-state index contributed by atoms with van der Waals surface area (Å²) >= 11 is 5.46. The average Bonchev–Trinajstić information content (AvgIpc) is 3.94. The number of thiophene rings is 1. The van der Waals surface area contributed by atoms with E-state index in [1.807, 2.05) is 48.6 Å². The molecule has 6 aromatic rings. The third-order valence-electron chi connectivity index (χ3n) is 8.50. The van der Waals surface area contributed by atoms with Gasteiger partial charge in [-0.25, -0.2) is 9.78 Å². The van der Waals surface area contributed by atoms with Gasteiger partial charge in [0.1, 0.15) is 5.69 Å². The van der Waals surface area contributed by atoms with Crippen molar-refractivity contribution in [2.24, 2.45) is 0 Å². The zero-order chi connectivity index (χ0) is 41.8. The van der Waals surface area contributed by atoms with Crippen molar-refractivity contribution in [2.75, 3.05) is 18.0 Å². The molecule has 0 aliphatic heterocycles. The molecule has 0 saturated carbocycles. The number of aromatic nitrogens is 6. The number of alkyl halides is 3. The van der Waals surface area contributed by atoms with Crippen LogP contribution in [-0.4, -0.2) is 54.4 Å². The van der Waals surface area contributed by atoms with E-state index in [4.69, 9.17) is 10.5 Å². The van der Waals surface area contributed by atoms with Crippen molar-refractivity contribution >= 4 is 51.8 Å². The van der Waals surface area contributed by atoms with E-state index in [1.54, 1.807) is 35.9 Å². The molecule has 0 unspecified atom stereocenters. The molecule has 59 heavy (non-hydrogen) atoms. The van der Waals surface area contributed by atoms with E-state index in [9.17, 15) is 18.0 Å². The van der Waals surface area contributed by atoms with Crippen LogP contribution in [-0.2, 0) is 25.7 Å². The number of isothiocyanates is 1. The number of nitrogens with zero attached hydrogens (tertiary/aromatic N) is 8. The molecule has 0 saturated heterocycles. The SMILES string of the molecule is CCCCCCN(CCCCC)c1ccc(/C=C/c2ccnc(-c3cc(C(F)(F)F)n[n-]3)c2)s1.O=C(O)c1ccnc(-c2cccc(-c3ccccn3)n2)c1.[N-]=C=S.[Ru+2]. The van der Waals surface area contributed by atoms with E-state index in [1.165, 1.54) is 73.4 Å². The standard InChI is InChI=1S/C26H32F3N4S.C16H11N3O2.CNS.Ru/c1-3-5-7-9-17-33(16-8-6-4-2)25-13-12-21(34-25)11-10-20-14-15-30-22(18-20)23-19-24(32-31-23)26(27,28)29;20-16(21)11-7-9-18-15(10-11)14-6-3-5-13(19-14)12-4-1-2-8-17-12;2-1-3;/h10-15,18-19H,3-9,16-17H2,1-2H3;1-10H,(H,20,21);;/q-1;;-1;+2/b11-10+;;;. The maximum Gasteiger partial charge on any atom is 2.00 e. The van der Waals surface area contributed by atoms with Crippen LogP contribution in [0.4, 0.5) is 18.2 Å². The van der Waals surface area contributed by atoms with Gasteiger partial charge in [-0.3, -0.25) is 15.0 Å². The van der Waals surface area contributed by atoms with Gasteiger partial charge in [-0.15, -0.1) is 11.3 Å². The summed E-state index contributed by atoms with van der Waals surface area (Å²) in [5, 5.41) is 25.7. The van der Waals surface area contributed by atoms with Gasteiger partial charge in [-0.1, -0.05) is 82.1 Å². The predicted molar refractivity (Wildman–Crippen MR) is 229 cm³/mol. The summed E-state index contributed by atoms with van der Waals surface area (Å²) in [5.41, 5.74) is 3.12. The number of unbranched alkanes of at least 4 members (excludes halogenated alkanes) is 5. The van der Waals surface area contributed by atoms with Gasteiger partial charge in [0.25, 0.3) is 0 Å². The largest absolute Gasteiger partial charge is 2.00 e. The third-order valence-corrected chi connectivity index (χ3v) is 9.61. The summed E-state index contributed by atoms with van der Waals surface area (Å²) in [4.78, 5) is 31.7. The van der Waals surface area contributed by atoms with Crippen LogP contribution in [0.1, 0.15) is 85.3 Å². The minimum atomic E-state index is -4.51. The molecule has 6 rings (SSSR count). The number of pyridine rings is 4. The van der Waals surface area contributed by atoms with Crippen LogP contribution < -0.4 is 10.00 Å². The maximum absolute atomic E-state index is 12.8. The number of carboxylic acids is 1. The fourth-order valence-electron chi connectivity index (χ4n) is 5.58. The average molecular weight is 926 g/mol. The first-order valence-electron chi connectivity index (χ1n) is 18.7. The van der Waals surface area contributed by atoms with Crippen molar-refractivity contribution in [3.63, 3.8) is 0 Å². The number of anilines is 1. The van der Waals surface area contributed by atoms with Crippen molar-refractivity contribution < 1.29 is 42.6 Å². The first kappa shape index (κ1) is 48.1. The fourth-order valence-corrected chi connectivity index (χ4v) is 6.54. The van der Waals surface area contributed by atoms with E-state index in [2.05, 4.69) is 73.2 Å². The Bertz CT molecular complexity index is 2240. The molecule has 0 spiro atoms. The second-order valence-corrected chi connectivity index (χ2v) is 14.1. The second kappa shape index (κ2) is 25.3. The zero-order valence-corrected chi connectivity index (χ0v) is 35.9.